The number of amides is 10. The largest absolute Gasteiger partial charge is 0.444 e. The van der Waals surface area contributed by atoms with Crippen molar-refractivity contribution in [3.8, 4) is 0 Å². The summed E-state index contributed by atoms with van der Waals surface area (Å²) in [5.74, 6) is -4.61. The third-order valence-electron chi connectivity index (χ3n) is 17.0. The maximum absolute atomic E-state index is 15.2. The van der Waals surface area contributed by atoms with Gasteiger partial charge in [0.2, 0.25) is 35.4 Å². The Balaban J connectivity index is 1.12. The van der Waals surface area contributed by atoms with E-state index in [1.54, 1.807) is 83.1 Å². The van der Waals surface area contributed by atoms with Gasteiger partial charge in [-0.3, -0.25) is 48.2 Å². The van der Waals surface area contributed by atoms with Crippen LogP contribution in [0.3, 0.4) is 0 Å². The predicted octanol–water partition coefficient (Wildman–Crippen LogP) is 8.47. The summed E-state index contributed by atoms with van der Waals surface area (Å²) in [5.41, 5.74) is -0.104. The molecule has 0 aliphatic carbocycles. The zero-order valence-electron chi connectivity index (χ0n) is 58.1. The molecule has 0 spiro atoms. The van der Waals surface area contributed by atoms with Crippen LogP contribution in [0.5, 0.6) is 0 Å². The molecule has 2 fully saturated rings. The van der Waals surface area contributed by atoms with Crippen molar-refractivity contribution in [2.24, 2.45) is 10.8 Å². The first kappa shape index (κ1) is 73.8. The lowest BCUT2D eigenvalue weighted by Crippen LogP contribution is -2.60. The van der Waals surface area contributed by atoms with Crippen molar-refractivity contribution >= 4 is 59.4 Å². The molecule has 7 rings (SSSR count). The summed E-state index contributed by atoms with van der Waals surface area (Å²) in [6.45, 7) is 23.6. The minimum Gasteiger partial charge on any atom is -0.444 e. The van der Waals surface area contributed by atoms with Crippen molar-refractivity contribution in [2.45, 2.75) is 181 Å². The van der Waals surface area contributed by atoms with Gasteiger partial charge in [0.25, 0.3) is 11.8 Å². The molecule has 6 N–H and O–H groups in total. The molecule has 10 amide bonds. The van der Waals surface area contributed by atoms with Gasteiger partial charge in [-0.15, -0.1) is 0 Å². The van der Waals surface area contributed by atoms with Crippen LogP contribution in [0.1, 0.15) is 165 Å². The van der Waals surface area contributed by atoms with Gasteiger partial charge in [0, 0.05) is 50.4 Å². The monoisotopic (exact) mass is 1320 g/mol. The fourth-order valence-electron chi connectivity index (χ4n) is 11.4. The van der Waals surface area contributed by atoms with E-state index in [-0.39, 0.29) is 37.1 Å². The molecule has 514 valence electrons. The van der Waals surface area contributed by atoms with Crippen molar-refractivity contribution in [3.05, 3.63) is 179 Å². The highest BCUT2D eigenvalue weighted by atomic mass is 16.6. The minimum atomic E-state index is -1.22. The van der Waals surface area contributed by atoms with E-state index in [1.807, 2.05) is 121 Å². The number of carbonyl (C=O) groups is 10. The average molecular weight is 1320 g/mol. The fourth-order valence-corrected chi connectivity index (χ4v) is 11.4. The first-order chi connectivity index (χ1) is 44.9. The zero-order valence-corrected chi connectivity index (χ0v) is 58.1. The van der Waals surface area contributed by atoms with Crippen molar-refractivity contribution in [2.75, 3.05) is 27.2 Å². The lowest BCUT2D eigenvalue weighted by Gasteiger charge is -2.37. The van der Waals surface area contributed by atoms with Gasteiger partial charge in [-0.2, -0.15) is 0 Å². The van der Waals surface area contributed by atoms with E-state index >= 15 is 9.59 Å². The van der Waals surface area contributed by atoms with Gasteiger partial charge in [-0.05, 0) is 126 Å². The number of nitrogens with one attached hydrogen (secondary N) is 6. The molecule has 2 aliphatic rings. The Morgan fingerprint density at radius 1 is 0.417 bits per heavy atom. The van der Waals surface area contributed by atoms with E-state index in [2.05, 4.69) is 31.9 Å². The molecule has 8 atom stereocenters. The number of nitrogens with zero attached hydrogens (tertiary/aromatic N) is 4. The van der Waals surface area contributed by atoms with Crippen LogP contribution in [0.4, 0.5) is 9.59 Å². The average Bonchev–Trinajstić information content (AvgIpc) is 1.61. The van der Waals surface area contributed by atoms with Gasteiger partial charge in [-0.25, -0.2) is 9.59 Å². The van der Waals surface area contributed by atoms with Crippen molar-refractivity contribution in [1.29, 1.82) is 0 Å². The number of carbonyl (C=O) groups excluding carboxylic acids is 10. The normalized spacial score (nSPS) is 17.8. The quantitative estimate of drug-likeness (QED) is 0.0428. The number of ether oxygens (including phenoxy) is 2. The molecule has 2 heterocycles. The Morgan fingerprint density at radius 3 is 0.938 bits per heavy atom. The van der Waals surface area contributed by atoms with Gasteiger partial charge >= 0.3 is 12.2 Å². The van der Waals surface area contributed by atoms with Crippen LogP contribution in [-0.2, 0) is 38.2 Å². The van der Waals surface area contributed by atoms with Crippen LogP contribution >= 0.6 is 0 Å². The first-order valence-electron chi connectivity index (χ1n) is 32.6. The second kappa shape index (κ2) is 30.9. The van der Waals surface area contributed by atoms with Crippen LogP contribution in [0.25, 0.3) is 0 Å². The highest BCUT2D eigenvalue weighted by molar-refractivity contribution is 6.00. The summed E-state index contributed by atoms with van der Waals surface area (Å²) >= 11 is 0. The van der Waals surface area contributed by atoms with Gasteiger partial charge in [0.1, 0.15) is 47.5 Å². The summed E-state index contributed by atoms with van der Waals surface area (Å²) in [6, 6.07) is 33.6. The van der Waals surface area contributed by atoms with Crippen molar-refractivity contribution < 1.29 is 57.4 Å². The van der Waals surface area contributed by atoms with Crippen LogP contribution in [0.2, 0.25) is 0 Å². The Morgan fingerprint density at radius 2 is 0.688 bits per heavy atom. The molecule has 5 aromatic rings. The highest BCUT2D eigenvalue weighted by Crippen LogP contribution is 2.32. The number of likely N-dealkylation sites (N-methyl/N-ethyl adjacent to an activating group) is 2. The van der Waals surface area contributed by atoms with Gasteiger partial charge in [0.15, 0.2) is 0 Å². The second-order valence-corrected chi connectivity index (χ2v) is 29.1. The number of benzene rings is 5. The molecule has 22 heteroatoms. The molecule has 5 aromatic carbocycles. The van der Waals surface area contributed by atoms with Crippen LogP contribution in [-0.4, -0.2) is 166 Å². The second-order valence-electron chi connectivity index (χ2n) is 29.1. The van der Waals surface area contributed by atoms with E-state index < -0.39 is 142 Å². The summed E-state index contributed by atoms with van der Waals surface area (Å²) in [4.78, 5) is 148. The Labute approximate surface area is 564 Å². The lowest BCUT2D eigenvalue weighted by molar-refractivity contribution is -0.144. The van der Waals surface area contributed by atoms with E-state index in [0.29, 0.717) is 0 Å². The maximum Gasteiger partial charge on any atom is 0.410 e. The molecule has 96 heavy (non-hydrogen) atoms. The standard InChI is InChI=1S/C74H96N10O12/c1-45(81(15)69(93)95-73(9,10)11)61(85)79-59(71(3,4)5)67(91)83-43-53(41-55(83)65(89)77-57(47-29-21-17-22-30-47)48-31-23-18-24-32-48)75-63(87)51-37-39-52(40-38-51)64(88)76-54-42-56(66(90)78-58(49-33-25-19-26-34-49)50-35-27-20-28-36-50)84(44-54)68(92)60(72(6,7)8)80-62(86)46(2)82(16)70(94)96-74(12,13)14/h17-40,45-46,53-60H,41-44H2,1-16H3,(H,75,87)(H,76,88)(H,77,89)(H,78,90)(H,79,85)(H,80,86)/t45-,46-,53-,54-,55-,56-,59+,60+/m0/s1. The molecular weight excluding hydrogens is 1220 g/mol. The number of likely N-dealkylation sites (tertiary alicyclic amines) is 2. The lowest BCUT2D eigenvalue weighted by atomic mass is 9.85. The number of hydrogen-bond donors (Lipinski definition) is 6. The highest BCUT2D eigenvalue weighted by Gasteiger charge is 2.49. The maximum atomic E-state index is 15.2. The molecule has 0 radical (unpaired) electrons. The molecule has 0 unspecified atom stereocenters. The predicted molar refractivity (Wildman–Crippen MR) is 365 cm³/mol. The summed E-state index contributed by atoms with van der Waals surface area (Å²) < 4.78 is 11.0. The minimum absolute atomic E-state index is 0.0186. The van der Waals surface area contributed by atoms with E-state index in [1.165, 1.54) is 62.0 Å². The Bertz CT molecular complexity index is 3250. The van der Waals surface area contributed by atoms with Crippen LogP contribution in [0, 0.1) is 10.8 Å². The van der Waals surface area contributed by atoms with Gasteiger partial charge in [0.05, 0.1) is 12.1 Å². The zero-order chi connectivity index (χ0) is 70.8. The van der Waals surface area contributed by atoms with Crippen molar-refractivity contribution in [3.63, 3.8) is 0 Å². The molecule has 0 saturated carbocycles. The number of hydrogen-bond acceptors (Lipinski definition) is 12. The molecule has 2 saturated heterocycles. The molecular formula is C74H96N10O12. The SMILES string of the molecule is C[C@@H](C(=O)N[C@H](C(=O)N1C[C@@H](NC(=O)c2ccc(C(=O)N[C@H]3C[C@@H](C(=O)NC(c4ccccc4)c4ccccc4)N(C(=O)[C@@H](NC(=O)[C@H](C)N(C)C(=O)OC(C)(C)C)C(C)(C)C)C3)cc2)C[C@H]1C(=O)NC(c1ccccc1)c1ccccc1)C(C)(C)C)N(C)C(=O)OC(C)(C)C. The molecule has 0 bridgehead atoms. The summed E-state index contributed by atoms with van der Waals surface area (Å²) in [7, 11) is 2.85. The first-order valence-corrected chi connectivity index (χ1v) is 32.6. The summed E-state index contributed by atoms with van der Waals surface area (Å²) in [6.07, 6.45) is -1.51. The molecule has 0 aromatic heterocycles. The molecule has 2 aliphatic heterocycles. The Kier molecular flexibility index (Phi) is 23.7. The van der Waals surface area contributed by atoms with E-state index in [4.69, 9.17) is 9.47 Å². The third-order valence-corrected chi connectivity index (χ3v) is 17.0. The fraction of sp³-hybridized carbons (Fsp3) is 0.459. The topological polar surface area (TPSA) is 274 Å². The Hall–Kier alpha value is -9.60. The summed E-state index contributed by atoms with van der Waals surface area (Å²) in [5, 5.41) is 18.1. The number of rotatable bonds is 20. The van der Waals surface area contributed by atoms with Crippen molar-refractivity contribution in [1.82, 2.24) is 51.5 Å². The van der Waals surface area contributed by atoms with E-state index in [0.717, 1.165) is 32.1 Å². The van der Waals surface area contributed by atoms with Crippen LogP contribution < -0.4 is 31.9 Å². The van der Waals surface area contributed by atoms with Crippen LogP contribution in [0.15, 0.2) is 146 Å². The third kappa shape index (κ3) is 19.3. The van der Waals surface area contributed by atoms with E-state index in [9.17, 15) is 38.4 Å². The van der Waals surface area contributed by atoms with Gasteiger partial charge in [-0.1, -0.05) is 163 Å². The smallest absolute Gasteiger partial charge is 0.410 e. The van der Waals surface area contributed by atoms with Gasteiger partial charge < -0.3 is 51.2 Å². The molecule has 22 nitrogen and oxygen atoms in total.